The van der Waals surface area contributed by atoms with Crippen LogP contribution in [0.1, 0.15) is 28.2 Å². The highest BCUT2D eigenvalue weighted by Gasteiger charge is 2.44. The van der Waals surface area contributed by atoms with Gasteiger partial charge in [-0.25, -0.2) is 9.48 Å². The molecule has 1 amide bonds. The maximum Gasteiger partial charge on any atom is 0.330 e. The van der Waals surface area contributed by atoms with Gasteiger partial charge in [-0.2, -0.15) is 11.8 Å². The van der Waals surface area contributed by atoms with Crippen LogP contribution < -0.4 is 5.32 Å². The van der Waals surface area contributed by atoms with E-state index in [0.29, 0.717) is 23.6 Å². The first-order valence-electron chi connectivity index (χ1n) is 7.56. The molecule has 24 heavy (non-hydrogen) atoms. The Morgan fingerprint density at radius 3 is 2.58 bits per heavy atom. The summed E-state index contributed by atoms with van der Waals surface area (Å²) in [4.78, 5) is 24.1. The van der Waals surface area contributed by atoms with Gasteiger partial charge in [0.2, 0.25) is 0 Å². The van der Waals surface area contributed by atoms with E-state index in [1.54, 1.807) is 11.6 Å². The number of hydrogen-bond donors (Lipinski definition) is 2. The maximum atomic E-state index is 12.5. The van der Waals surface area contributed by atoms with Crippen molar-refractivity contribution in [2.24, 2.45) is 0 Å². The first kappa shape index (κ1) is 16.5. The molecule has 1 unspecified atom stereocenters. The SMILES string of the molecule is Cc1ccc(-n2nnc(C(=O)NC3(C(=O)O)CCSC3)c2C)cc1. The quantitative estimate of drug-likeness (QED) is 0.872. The zero-order chi connectivity index (χ0) is 17.3. The second kappa shape index (κ2) is 6.27. The zero-order valence-corrected chi connectivity index (χ0v) is 14.3. The average molecular weight is 346 g/mol. The fraction of sp³-hybridized carbons (Fsp3) is 0.375. The average Bonchev–Trinajstić information content (AvgIpc) is 3.16. The molecule has 2 aromatic rings. The Morgan fingerprint density at radius 1 is 1.29 bits per heavy atom. The van der Waals surface area contributed by atoms with Crippen molar-refractivity contribution in [3.8, 4) is 5.69 Å². The third-order valence-corrected chi connectivity index (χ3v) is 5.36. The molecule has 1 aliphatic heterocycles. The molecular formula is C16H18N4O3S. The van der Waals surface area contributed by atoms with Crippen molar-refractivity contribution in [1.82, 2.24) is 20.3 Å². The summed E-state index contributed by atoms with van der Waals surface area (Å²) in [6.07, 6.45) is 0.407. The predicted octanol–water partition coefficient (Wildman–Crippen LogP) is 1.57. The number of amides is 1. The van der Waals surface area contributed by atoms with Crippen LogP contribution in [0, 0.1) is 13.8 Å². The first-order chi connectivity index (χ1) is 11.4. The van der Waals surface area contributed by atoms with Gasteiger partial charge in [-0.3, -0.25) is 4.79 Å². The number of carbonyl (C=O) groups is 2. The molecule has 0 radical (unpaired) electrons. The number of carbonyl (C=O) groups excluding carboxylic acids is 1. The van der Waals surface area contributed by atoms with Gasteiger partial charge in [-0.1, -0.05) is 22.9 Å². The van der Waals surface area contributed by atoms with Gasteiger partial charge in [0.15, 0.2) is 5.69 Å². The van der Waals surface area contributed by atoms with Gasteiger partial charge < -0.3 is 10.4 Å². The molecular weight excluding hydrogens is 328 g/mol. The number of aryl methyl sites for hydroxylation is 1. The number of benzene rings is 1. The number of thioether (sulfide) groups is 1. The van der Waals surface area contributed by atoms with Crippen LogP contribution in [-0.4, -0.2) is 49.0 Å². The van der Waals surface area contributed by atoms with Gasteiger partial charge in [0.05, 0.1) is 11.4 Å². The minimum absolute atomic E-state index is 0.146. The largest absolute Gasteiger partial charge is 0.479 e. The molecule has 1 saturated heterocycles. The summed E-state index contributed by atoms with van der Waals surface area (Å²) < 4.78 is 1.57. The van der Waals surface area contributed by atoms with Crippen LogP contribution in [0.2, 0.25) is 0 Å². The molecule has 0 spiro atoms. The van der Waals surface area contributed by atoms with Gasteiger partial charge in [0, 0.05) is 5.75 Å². The van der Waals surface area contributed by atoms with Crippen molar-refractivity contribution in [2.75, 3.05) is 11.5 Å². The molecule has 8 heteroatoms. The fourth-order valence-electron chi connectivity index (χ4n) is 2.63. The van der Waals surface area contributed by atoms with Crippen molar-refractivity contribution >= 4 is 23.6 Å². The lowest BCUT2D eigenvalue weighted by Gasteiger charge is -2.24. The number of nitrogens with one attached hydrogen (secondary N) is 1. The molecule has 2 heterocycles. The summed E-state index contributed by atoms with van der Waals surface area (Å²) in [5.74, 6) is -0.443. The van der Waals surface area contributed by atoms with Gasteiger partial charge in [0.1, 0.15) is 5.54 Å². The molecule has 2 N–H and O–H groups in total. The summed E-state index contributed by atoms with van der Waals surface area (Å²) in [5, 5.41) is 20.1. The summed E-state index contributed by atoms with van der Waals surface area (Å²) in [7, 11) is 0. The number of carboxylic acids is 1. The van der Waals surface area contributed by atoms with E-state index >= 15 is 0 Å². The number of carboxylic acid groups (broad SMARTS) is 1. The first-order valence-corrected chi connectivity index (χ1v) is 8.71. The van der Waals surface area contributed by atoms with Crippen molar-refractivity contribution < 1.29 is 14.7 Å². The van der Waals surface area contributed by atoms with Crippen LogP contribution in [0.15, 0.2) is 24.3 Å². The highest BCUT2D eigenvalue weighted by Crippen LogP contribution is 2.28. The van der Waals surface area contributed by atoms with E-state index in [1.807, 2.05) is 31.2 Å². The van der Waals surface area contributed by atoms with Gasteiger partial charge in [-0.05, 0) is 38.2 Å². The Balaban J connectivity index is 1.86. The van der Waals surface area contributed by atoms with Gasteiger partial charge >= 0.3 is 5.97 Å². The molecule has 1 aromatic heterocycles. The second-order valence-corrected chi connectivity index (χ2v) is 7.02. The van der Waals surface area contributed by atoms with Gasteiger partial charge in [0.25, 0.3) is 5.91 Å². The normalized spacial score (nSPS) is 20.1. The summed E-state index contributed by atoms with van der Waals surface area (Å²) in [6, 6.07) is 7.69. The standard InChI is InChI=1S/C16H18N4O3S/c1-10-3-5-12(6-4-10)20-11(2)13(18-19-20)14(21)17-16(15(22)23)7-8-24-9-16/h3-6H,7-9H2,1-2H3,(H,17,21)(H,22,23). The number of rotatable bonds is 4. The highest BCUT2D eigenvalue weighted by atomic mass is 32.2. The van der Waals surface area contributed by atoms with Crippen molar-refractivity contribution in [1.29, 1.82) is 0 Å². The lowest BCUT2D eigenvalue weighted by molar-refractivity contribution is -0.143. The van der Waals surface area contributed by atoms with Crippen LogP contribution >= 0.6 is 11.8 Å². The smallest absolute Gasteiger partial charge is 0.330 e. The zero-order valence-electron chi connectivity index (χ0n) is 13.4. The molecule has 1 aliphatic rings. The van der Waals surface area contributed by atoms with E-state index in [-0.39, 0.29) is 5.69 Å². The third kappa shape index (κ3) is 2.89. The Morgan fingerprint density at radius 2 is 2.00 bits per heavy atom. The Hall–Kier alpha value is -2.35. The van der Waals surface area contributed by atoms with Crippen molar-refractivity contribution in [2.45, 2.75) is 25.8 Å². The van der Waals surface area contributed by atoms with E-state index < -0.39 is 17.4 Å². The number of aliphatic carboxylic acids is 1. The topological polar surface area (TPSA) is 97.1 Å². The molecule has 7 nitrogen and oxygen atoms in total. The monoisotopic (exact) mass is 346 g/mol. The van der Waals surface area contributed by atoms with E-state index in [9.17, 15) is 14.7 Å². The van der Waals surface area contributed by atoms with Crippen LogP contribution in [0.5, 0.6) is 0 Å². The Labute approximate surface area is 143 Å². The summed E-state index contributed by atoms with van der Waals surface area (Å²) in [5.41, 5.74) is 1.42. The second-order valence-electron chi connectivity index (χ2n) is 5.91. The van der Waals surface area contributed by atoms with Crippen molar-refractivity contribution in [3.05, 3.63) is 41.2 Å². The number of hydrogen-bond acceptors (Lipinski definition) is 5. The molecule has 1 aromatic carbocycles. The lowest BCUT2D eigenvalue weighted by atomic mass is 9.99. The van der Waals surface area contributed by atoms with Crippen molar-refractivity contribution in [3.63, 3.8) is 0 Å². The lowest BCUT2D eigenvalue weighted by Crippen LogP contribution is -2.55. The number of nitrogens with zero attached hydrogens (tertiary/aromatic N) is 3. The Bertz CT molecular complexity index is 779. The Kier molecular flexibility index (Phi) is 4.31. The molecule has 1 fully saturated rings. The highest BCUT2D eigenvalue weighted by molar-refractivity contribution is 7.99. The van der Waals surface area contributed by atoms with Crippen LogP contribution in [0.4, 0.5) is 0 Å². The van der Waals surface area contributed by atoms with E-state index in [0.717, 1.165) is 11.3 Å². The number of aromatic nitrogens is 3. The summed E-state index contributed by atoms with van der Waals surface area (Å²) >= 11 is 1.52. The molecule has 3 rings (SSSR count). The van der Waals surface area contributed by atoms with Crippen LogP contribution in [-0.2, 0) is 4.79 Å². The van der Waals surface area contributed by atoms with Crippen LogP contribution in [0.25, 0.3) is 5.69 Å². The molecule has 0 bridgehead atoms. The fourth-order valence-corrected chi connectivity index (χ4v) is 3.96. The van der Waals surface area contributed by atoms with E-state index in [1.165, 1.54) is 11.8 Å². The molecule has 0 aliphatic carbocycles. The summed E-state index contributed by atoms with van der Waals surface area (Å²) in [6.45, 7) is 3.73. The minimum atomic E-state index is -1.22. The van der Waals surface area contributed by atoms with E-state index in [4.69, 9.17) is 0 Å². The predicted molar refractivity (Wildman–Crippen MR) is 90.6 cm³/mol. The molecule has 1 atom stereocenters. The maximum absolute atomic E-state index is 12.5. The molecule has 0 saturated carbocycles. The third-order valence-electron chi connectivity index (χ3n) is 4.17. The minimum Gasteiger partial charge on any atom is -0.479 e. The van der Waals surface area contributed by atoms with Gasteiger partial charge in [-0.15, -0.1) is 5.10 Å². The van der Waals surface area contributed by atoms with E-state index in [2.05, 4.69) is 15.6 Å². The van der Waals surface area contributed by atoms with Crippen LogP contribution in [0.3, 0.4) is 0 Å². The molecule has 126 valence electrons.